The molecule has 2 aromatic rings. The van der Waals surface area contributed by atoms with E-state index in [1.165, 1.54) is 16.4 Å². The molecule has 0 radical (unpaired) electrons. The smallest absolute Gasteiger partial charge is 0.207 e. The quantitative estimate of drug-likeness (QED) is 0.540. The fraction of sp³-hybridized carbons (Fsp3) is 0.368. The van der Waals surface area contributed by atoms with Crippen LogP contribution in [-0.4, -0.2) is 25.3 Å². The molecular weight excluding hydrogens is 462 g/mol. The van der Waals surface area contributed by atoms with Crippen molar-refractivity contribution in [1.82, 2.24) is 4.31 Å². The van der Waals surface area contributed by atoms with E-state index in [1.54, 1.807) is 19.1 Å². The number of rotatable bonds is 3. The zero-order valence-electron chi connectivity index (χ0n) is 14.9. The van der Waals surface area contributed by atoms with Gasteiger partial charge in [0.15, 0.2) is 0 Å². The highest BCUT2D eigenvalue weighted by atomic mass is 79.9. The molecule has 152 valence electrons. The Labute approximate surface area is 169 Å². The summed E-state index contributed by atoms with van der Waals surface area (Å²) in [4.78, 5) is 0.130. The maximum absolute atomic E-state index is 13.4. The van der Waals surface area contributed by atoms with E-state index >= 15 is 0 Å². The lowest BCUT2D eigenvalue weighted by Crippen LogP contribution is -2.44. The number of piperidine rings is 1. The highest BCUT2D eigenvalue weighted by Crippen LogP contribution is 2.41. The van der Waals surface area contributed by atoms with E-state index in [-0.39, 0.29) is 29.8 Å². The van der Waals surface area contributed by atoms with Crippen LogP contribution >= 0.6 is 15.9 Å². The Kier molecular flexibility index (Phi) is 5.89. The number of sulfonamides is 1. The predicted octanol–water partition coefficient (Wildman–Crippen LogP) is 5.56. The van der Waals surface area contributed by atoms with Crippen LogP contribution in [0.4, 0.5) is 17.6 Å². The summed E-state index contributed by atoms with van der Waals surface area (Å²) in [6.45, 7) is 1.77. The number of halogens is 5. The Balaban J connectivity index is 1.87. The van der Waals surface area contributed by atoms with E-state index in [0.29, 0.717) is 10.5 Å². The second-order valence-corrected chi connectivity index (χ2v) is 9.68. The monoisotopic (exact) mass is 479 g/mol. The van der Waals surface area contributed by atoms with Crippen molar-refractivity contribution in [3.05, 3.63) is 63.9 Å². The predicted molar refractivity (Wildman–Crippen MR) is 101 cm³/mol. The van der Waals surface area contributed by atoms with Crippen LogP contribution in [0.25, 0.3) is 0 Å². The molecule has 1 heterocycles. The van der Waals surface area contributed by atoms with Crippen molar-refractivity contribution >= 4 is 26.0 Å². The normalized spacial score (nSPS) is 21.6. The van der Waals surface area contributed by atoms with Crippen LogP contribution in [0.1, 0.15) is 36.8 Å². The Bertz CT molecular complexity index is 978. The minimum absolute atomic E-state index is 0.0141. The Morgan fingerprint density at radius 2 is 1.86 bits per heavy atom. The molecule has 1 fully saturated rings. The fourth-order valence-electron chi connectivity index (χ4n) is 3.68. The molecule has 0 bridgehead atoms. The lowest BCUT2D eigenvalue weighted by atomic mass is 9.84. The maximum Gasteiger partial charge on any atom is 0.416 e. The summed E-state index contributed by atoms with van der Waals surface area (Å²) in [7, 11) is -3.76. The van der Waals surface area contributed by atoms with Gasteiger partial charge in [-0.1, -0.05) is 28.1 Å². The molecule has 0 saturated carbocycles. The third-order valence-corrected chi connectivity index (χ3v) is 7.48. The van der Waals surface area contributed by atoms with Gasteiger partial charge >= 0.3 is 6.18 Å². The summed E-state index contributed by atoms with van der Waals surface area (Å²) >= 11 is 3.25. The summed E-state index contributed by atoms with van der Waals surface area (Å²) in [5.41, 5.74) is -0.978. The van der Waals surface area contributed by atoms with Crippen molar-refractivity contribution in [3.8, 4) is 0 Å². The van der Waals surface area contributed by atoms with Crippen molar-refractivity contribution in [2.45, 2.75) is 42.8 Å². The molecule has 3 nitrogen and oxygen atoms in total. The van der Waals surface area contributed by atoms with Crippen molar-refractivity contribution in [2.75, 3.05) is 6.54 Å². The molecule has 9 heteroatoms. The lowest BCUT2D eigenvalue weighted by Gasteiger charge is -2.37. The number of nitrogens with zero attached hydrogens (tertiary/aromatic N) is 1. The number of hydrogen-bond donors (Lipinski definition) is 0. The van der Waals surface area contributed by atoms with Crippen LogP contribution < -0.4 is 0 Å². The first kappa shape index (κ1) is 21.3. The van der Waals surface area contributed by atoms with E-state index in [2.05, 4.69) is 15.9 Å². The average molecular weight is 480 g/mol. The van der Waals surface area contributed by atoms with Crippen molar-refractivity contribution in [2.24, 2.45) is 0 Å². The van der Waals surface area contributed by atoms with Gasteiger partial charge in [-0.2, -0.15) is 17.5 Å². The Morgan fingerprint density at radius 1 is 1.14 bits per heavy atom. The fourth-order valence-corrected chi connectivity index (χ4v) is 5.94. The molecule has 0 aliphatic carbocycles. The molecule has 1 saturated heterocycles. The molecule has 0 aromatic heterocycles. The molecular formula is C19H18BrF4NO2S. The molecule has 28 heavy (non-hydrogen) atoms. The van der Waals surface area contributed by atoms with Gasteiger partial charge in [0, 0.05) is 17.1 Å². The molecule has 0 unspecified atom stereocenters. The topological polar surface area (TPSA) is 37.4 Å². The summed E-state index contributed by atoms with van der Waals surface area (Å²) in [5, 5.41) is 0. The highest BCUT2D eigenvalue weighted by molar-refractivity contribution is 9.10. The van der Waals surface area contributed by atoms with Crippen molar-refractivity contribution in [3.63, 3.8) is 0 Å². The van der Waals surface area contributed by atoms with Gasteiger partial charge in [0.1, 0.15) is 5.82 Å². The van der Waals surface area contributed by atoms with Gasteiger partial charge in [0.05, 0.1) is 10.5 Å². The van der Waals surface area contributed by atoms with E-state index in [0.717, 1.165) is 12.1 Å². The summed E-state index contributed by atoms with van der Waals surface area (Å²) in [6, 6.07) is 8.49. The largest absolute Gasteiger partial charge is 0.416 e. The third kappa shape index (κ3) is 4.26. The maximum atomic E-state index is 13.4. The highest BCUT2D eigenvalue weighted by Gasteiger charge is 2.40. The lowest BCUT2D eigenvalue weighted by molar-refractivity contribution is -0.138. The van der Waals surface area contributed by atoms with Crippen LogP contribution in [0.3, 0.4) is 0 Å². The molecule has 0 N–H and O–H groups in total. The van der Waals surface area contributed by atoms with Gasteiger partial charge in [-0.3, -0.25) is 0 Å². The molecule has 3 rings (SSSR count). The van der Waals surface area contributed by atoms with Gasteiger partial charge < -0.3 is 0 Å². The van der Waals surface area contributed by atoms with E-state index < -0.39 is 39.5 Å². The van der Waals surface area contributed by atoms with Gasteiger partial charge in [0.25, 0.3) is 0 Å². The van der Waals surface area contributed by atoms with Crippen LogP contribution in [0.5, 0.6) is 0 Å². The second-order valence-electron chi connectivity index (χ2n) is 6.87. The second kappa shape index (κ2) is 7.76. The number of benzene rings is 2. The third-order valence-electron chi connectivity index (χ3n) is 4.98. The molecule has 1 aliphatic rings. The van der Waals surface area contributed by atoms with E-state index in [1.807, 2.05) is 0 Å². The van der Waals surface area contributed by atoms with Gasteiger partial charge in [0.2, 0.25) is 10.0 Å². The minimum atomic E-state index is -4.67. The molecule has 2 aromatic carbocycles. The first-order valence-corrected chi connectivity index (χ1v) is 10.9. The summed E-state index contributed by atoms with van der Waals surface area (Å²) in [5.74, 6) is -1.44. The van der Waals surface area contributed by atoms with Crippen molar-refractivity contribution in [1.29, 1.82) is 0 Å². The standard InChI is InChI=1S/C19H18BrF4NO2S/c1-12-9-13(17-6-5-15(21)11-18(17)19(22,23)24)7-8-25(12)28(26,27)16-4-2-3-14(20)10-16/h2-6,10-13H,7-9H2,1H3/t12-,13-/m0/s1. The summed E-state index contributed by atoms with van der Waals surface area (Å²) < 4.78 is 81.2. The zero-order chi connectivity index (χ0) is 20.7. The molecule has 2 atom stereocenters. The van der Waals surface area contributed by atoms with E-state index in [4.69, 9.17) is 0 Å². The van der Waals surface area contributed by atoms with Gasteiger partial charge in [-0.25, -0.2) is 12.8 Å². The number of alkyl halides is 3. The Morgan fingerprint density at radius 3 is 2.46 bits per heavy atom. The number of hydrogen-bond acceptors (Lipinski definition) is 2. The van der Waals surface area contributed by atoms with Gasteiger partial charge in [-0.05, 0) is 61.6 Å². The van der Waals surface area contributed by atoms with Crippen LogP contribution in [0.2, 0.25) is 0 Å². The molecule has 0 amide bonds. The van der Waals surface area contributed by atoms with Crippen LogP contribution in [-0.2, 0) is 16.2 Å². The first-order chi connectivity index (χ1) is 13.0. The zero-order valence-corrected chi connectivity index (χ0v) is 17.3. The molecule has 1 aliphatic heterocycles. The summed E-state index contributed by atoms with van der Waals surface area (Å²) in [6.07, 6.45) is -4.21. The minimum Gasteiger partial charge on any atom is -0.207 e. The first-order valence-electron chi connectivity index (χ1n) is 8.64. The van der Waals surface area contributed by atoms with Crippen molar-refractivity contribution < 1.29 is 26.0 Å². The Hall–Kier alpha value is -1.45. The average Bonchev–Trinajstić information content (AvgIpc) is 2.60. The van der Waals surface area contributed by atoms with Crippen LogP contribution in [0.15, 0.2) is 51.8 Å². The van der Waals surface area contributed by atoms with E-state index in [9.17, 15) is 26.0 Å². The van der Waals surface area contributed by atoms with Crippen LogP contribution in [0, 0.1) is 5.82 Å². The molecule has 0 spiro atoms. The SMILES string of the molecule is C[C@H]1C[C@@H](c2ccc(F)cc2C(F)(F)F)CCN1S(=O)(=O)c1cccc(Br)c1. The van der Waals surface area contributed by atoms with Gasteiger partial charge in [-0.15, -0.1) is 0 Å².